The maximum atomic E-state index is 2.39. The van der Waals surface area contributed by atoms with Gasteiger partial charge in [-0.15, -0.1) is 11.3 Å². The van der Waals surface area contributed by atoms with Crippen LogP contribution in [-0.2, 0) is 12.8 Å². The van der Waals surface area contributed by atoms with Crippen molar-refractivity contribution in [3.05, 3.63) is 70.4 Å². The van der Waals surface area contributed by atoms with Crippen LogP contribution in [0.15, 0.2) is 60.0 Å². The largest absolute Gasteiger partial charge is 0.149 e. The molecule has 0 fully saturated rings. The molecule has 0 bridgehead atoms. The van der Waals surface area contributed by atoms with Crippen molar-refractivity contribution in [3.8, 4) is 0 Å². The monoisotopic (exact) mass is 322 g/mol. The SMILES string of the molecule is CCC(C)CC(Cc1ccc2ccccc2c1)Cc1cccs1. The fourth-order valence-electron chi connectivity index (χ4n) is 3.39. The van der Waals surface area contributed by atoms with Crippen LogP contribution >= 0.6 is 11.3 Å². The lowest BCUT2D eigenvalue weighted by molar-refractivity contribution is 0.379. The molecule has 2 unspecified atom stereocenters. The molecule has 0 amide bonds. The molecule has 0 spiro atoms. The average Bonchev–Trinajstić information content (AvgIpc) is 3.07. The van der Waals surface area contributed by atoms with Crippen molar-refractivity contribution < 1.29 is 0 Å². The topological polar surface area (TPSA) is 0 Å². The Kier molecular flexibility index (Phi) is 5.51. The van der Waals surface area contributed by atoms with E-state index in [2.05, 4.69) is 73.8 Å². The van der Waals surface area contributed by atoms with Crippen molar-refractivity contribution in [3.63, 3.8) is 0 Å². The van der Waals surface area contributed by atoms with Crippen LogP contribution in [0.1, 0.15) is 37.1 Å². The zero-order chi connectivity index (χ0) is 16.1. The Bertz CT molecular complexity index is 727. The highest BCUT2D eigenvalue weighted by atomic mass is 32.1. The van der Waals surface area contributed by atoms with E-state index < -0.39 is 0 Å². The van der Waals surface area contributed by atoms with Crippen LogP contribution in [0.4, 0.5) is 0 Å². The smallest absolute Gasteiger partial charge is 0.00480 e. The third kappa shape index (κ3) is 4.45. The second kappa shape index (κ2) is 7.79. The Hall–Kier alpha value is -1.60. The third-order valence-electron chi connectivity index (χ3n) is 4.84. The summed E-state index contributed by atoms with van der Waals surface area (Å²) in [6, 6.07) is 20.1. The lowest BCUT2D eigenvalue weighted by atomic mass is 9.86. The summed E-state index contributed by atoms with van der Waals surface area (Å²) in [5.74, 6) is 1.55. The molecule has 0 nitrogen and oxygen atoms in total. The van der Waals surface area contributed by atoms with E-state index in [4.69, 9.17) is 0 Å². The molecule has 120 valence electrons. The molecule has 3 aromatic rings. The number of thiophene rings is 1. The first-order valence-corrected chi connectivity index (χ1v) is 9.62. The van der Waals surface area contributed by atoms with Crippen LogP contribution < -0.4 is 0 Å². The molecular formula is C22H26S. The highest BCUT2D eigenvalue weighted by Crippen LogP contribution is 2.26. The van der Waals surface area contributed by atoms with Crippen molar-refractivity contribution in [1.29, 1.82) is 0 Å². The molecule has 23 heavy (non-hydrogen) atoms. The van der Waals surface area contributed by atoms with Gasteiger partial charge in [0.15, 0.2) is 0 Å². The van der Waals surface area contributed by atoms with Crippen molar-refractivity contribution in [2.75, 3.05) is 0 Å². The molecule has 0 aliphatic rings. The van der Waals surface area contributed by atoms with Gasteiger partial charge in [-0.1, -0.05) is 68.8 Å². The summed E-state index contributed by atoms with van der Waals surface area (Å²) in [6.45, 7) is 4.70. The Labute approximate surface area is 144 Å². The van der Waals surface area contributed by atoms with Gasteiger partial charge in [0.2, 0.25) is 0 Å². The first-order valence-electron chi connectivity index (χ1n) is 8.74. The van der Waals surface area contributed by atoms with Crippen LogP contribution in [0.5, 0.6) is 0 Å². The van der Waals surface area contributed by atoms with Gasteiger partial charge in [-0.25, -0.2) is 0 Å². The van der Waals surface area contributed by atoms with Gasteiger partial charge in [-0.05, 0) is 58.9 Å². The average molecular weight is 323 g/mol. The molecule has 2 atom stereocenters. The Morgan fingerprint density at radius 3 is 2.48 bits per heavy atom. The summed E-state index contributed by atoms with van der Waals surface area (Å²) >= 11 is 1.90. The Morgan fingerprint density at radius 2 is 1.74 bits per heavy atom. The van der Waals surface area contributed by atoms with E-state index >= 15 is 0 Å². The summed E-state index contributed by atoms with van der Waals surface area (Å²) in [6.07, 6.45) is 5.00. The van der Waals surface area contributed by atoms with E-state index in [1.165, 1.54) is 46.9 Å². The maximum Gasteiger partial charge on any atom is 0.00480 e. The molecule has 0 radical (unpaired) electrons. The highest BCUT2D eigenvalue weighted by molar-refractivity contribution is 7.09. The fraction of sp³-hybridized carbons (Fsp3) is 0.364. The molecule has 0 saturated carbocycles. The number of rotatable bonds is 7. The lowest BCUT2D eigenvalue weighted by Crippen LogP contribution is -2.12. The first kappa shape index (κ1) is 16.3. The van der Waals surface area contributed by atoms with E-state index in [1.54, 1.807) is 0 Å². The van der Waals surface area contributed by atoms with Gasteiger partial charge in [-0.3, -0.25) is 0 Å². The summed E-state index contributed by atoms with van der Waals surface area (Å²) in [5.41, 5.74) is 1.48. The molecule has 2 aromatic carbocycles. The van der Waals surface area contributed by atoms with E-state index in [0.29, 0.717) is 0 Å². The summed E-state index contributed by atoms with van der Waals surface area (Å²) in [4.78, 5) is 1.53. The molecule has 0 N–H and O–H groups in total. The van der Waals surface area contributed by atoms with Gasteiger partial charge in [0.05, 0.1) is 0 Å². The van der Waals surface area contributed by atoms with Gasteiger partial charge >= 0.3 is 0 Å². The van der Waals surface area contributed by atoms with Crippen LogP contribution in [0.2, 0.25) is 0 Å². The first-order chi connectivity index (χ1) is 11.2. The van der Waals surface area contributed by atoms with Gasteiger partial charge in [0.25, 0.3) is 0 Å². The van der Waals surface area contributed by atoms with Gasteiger partial charge in [0.1, 0.15) is 0 Å². The maximum absolute atomic E-state index is 2.39. The van der Waals surface area contributed by atoms with E-state index in [-0.39, 0.29) is 0 Å². The Morgan fingerprint density at radius 1 is 0.913 bits per heavy atom. The van der Waals surface area contributed by atoms with E-state index in [9.17, 15) is 0 Å². The van der Waals surface area contributed by atoms with Crippen LogP contribution in [0.25, 0.3) is 10.8 Å². The molecule has 1 heterocycles. The van der Waals surface area contributed by atoms with Crippen LogP contribution in [0, 0.1) is 11.8 Å². The molecule has 1 aromatic heterocycles. The van der Waals surface area contributed by atoms with Crippen molar-refractivity contribution >= 4 is 22.1 Å². The van der Waals surface area contributed by atoms with Gasteiger partial charge < -0.3 is 0 Å². The highest BCUT2D eigenvalue weighted by Gasteiger charge is 2.15. The predicted molar refractivity (Wildman–Crippen MR) is 103 cm³/mol. The van der Waals surface area contributed by atoms with E-state index in [1.807, 2.05) is 11.3 Å². The van der Waals surface area contributed by atoms with Gasteiger partial charge in [-0.2, -0.15) is 0 Å². The lowest BCUT2D eigenvalue weighted by Gasteiger charge is -2.20. The predicted octanol–water partition coefficient (Wildman–Crippen LogP) is 6.74. The summed E-state index contributed by atoms with van der Waals surface area (Å²) < 4.78 is 0. The standard InChI is InChI=1S/C22H26S/c1-3-17(2)13-19(16-22-9-6-12-23-22)14-18-10-11-20-7-4-5-8-21(20)15-18/h4-12,15,17,19H,3,13-14,16H2,1-2H3. The molecule has 1 heteroatoms. The summed E-state index contributed by atoms with van der Waals surface area (Å²) in [7, 11) is 0. The second-order valence-electron chi connectivity index (χ2n) is 6.78. The zero-order valence-corrected chi connectivity index (χ0v) is 15.0. The molecule has 0 aliphatic heterocycles. The van der Waals surface area contributed by atoms with Crippen molar-refractivity contribution in [2.24, 2.45) is 11.8 Å². The van der Waals surface area contributed by atoms with Gasteiger partial charge in [0, 0.05) is 4.88 Å². The minimum absolute atomic E-state index is 0.741. The minimum atomic E-state index is 0.741. The van der Waals surface area contributed by atoms with Crippen molar-refractivity contribution in [1.82, 2.24) is 0 Å². The molecule has 0 aliphatic carbocycles. The van der Waals surface area contributed by atoms with Crippen LogP contribution in [-0.4, -0.2) is 0 Å². The quantitative estimate of drug-likeness (QED) is 0.452. The number of hydrogen-bond acceptors (Lipinski definition) is 1. The van der Waals surface area contributed by atoms with Crippen molar-refractivity contribution in [2.45, 2.75) is 39.5 Å². The molecule has 3 rings (SSSR count). The third-order valence-corrected chi connectivity index (χ3v) is 5.74. The minimum Gasteiger partial charge on any atom is -0.149 e. The van der Waals surface area contributed by atoms with E-state index in [0.717, 1.165) is 11.8 Å². The molecular weight excluding hydrogens is 296 g/mol. The second-order valence-corrected chi connectivity index (χ2v) is 7.82. The number of benzene rings is 2. The van der Waals surface area contributed by atoms with Crippen LogP contribution in [0.3, 0.4) is 0 Å². The normalized spacial score (nSPS) is 14.0. The summed E-state index contributed by atoms with van der Waals surface area (Å²) in [5, 5.41) is 4.91. The molecule has 0 saturated heterocycles. The number of fused-ring (bicyclic) bond motifs is 1. The zero-order valence-electron chi connectivity index (χ0n) is 14.2. The number of hydrogen-bond donors (Lipinski definition) is 0. The Balaban J connectivity index is 1.77. The fourth-order valence-corrected chi connectivity index (χ4v) is 4.21.